The van der Waals surface area contributed by atoms with Gasteiger partial charge in [0.1, 0.15) is 5.82 Å². The van der Waals surface area contributed by atoms with Gasteiger partial charge in [0, 0.05) is 62.2 Å². The monoisotopic (exact) mass is 865 g/mol. The molecule has 2 aromatic carbocycles. The number of carbonyl (C=O) groups excluding carboxylic acids is 3. The lowest BCUT2D eigenvalue weighted by Gasteiger charge is -2.37. The highest BCUT2D eigenvalue weighted by molar-refractivity contribution is 7.92. The number of aromatic nitrogens is 4. The fraction of sp³-hybridized carbons (Fsp3) is 0.386. The van der Waals surface area contributed by atoms with Crippen LogP contribution in [0.15, 0.2) is 73.1 Å². The number of benzene rings is 2. The molecule has 8 rings (SSSR count). The normalized spacial score (nSPS) is 17.9. The third-order valence-electron chi connectivity index (χ3n) is 11.6. The van der Waals surface area contributed by atoms with Crippen molar-refractivity contribution >= 4 is 62.2 Å². The molecule has 0 aliphatic carbocycles. The lowest BCUT2D eigenvalue weighted by atomic mass is 9.88. The fourth-order valence-corrected chi connectivity index (χ4v) is 10.5. The van der Waals surface area contributed by atoms with Crippen molar-refractivity contribution in [2.75, 3.05) is 46.9 Å². The van der Waals surface area contributed by atoms with E-state index >= 15 is 4.39 Å². The number of rotatable bonds is 12. The molecule has 3 amide bonds. The largest absolute Gasteiger partial charge is 0.357 e. The van der Waals surface area contributed by atoms with Crippen LogP contribution in [0.5, 0.6) is 0 Å². The molecule has 14 nitrogen and oxygen atoms in total. The second kappa shape index (κ2) is 18.0. The number of nitrogens with zero attached hydrogens (tertiary/aromatic N) is 6. The highest BCUT2D eigenvalue weighted by Gasteiger charge is 2.33. The highest BCUT2D eigenvalue weighted by Crippen LogP contribution is 2.39. The van der Waals surface area contributed by atoms with E-state index in [-0.39, 0.29) is 46.6 Å². The molecule has 3 aromatic heterocycles. The molecule has 6 heterocycles. The lowest BCUT2D eigenvalue weighted by Crippen LogP contribution is -2.45. The Labute approximate surface area is 358 Å². The predicted octanol–water partition coefficient (Wildman–Crippen LogP) is 7.15. The number of nitrogens with one attached hydrogen (secondary N) is 3. The van der Waals surface area contributed by atoms with Gasteiger partial charge in [0.05, 0.1) is 38.6 Å². The van der Waals surface area contributed by atoms with E-state index in [9.17, 15) is 22.8 Å². The zero-order valence-electron chi connectivity index (χ0n) is 34.1. The highest BCUT2D eigenvalue weighted by atomic mass is 32.2. The number of piperidine rings is 3. The molecule has 3 saturated heterocycles. The number of aryl methyl sites for hydroxylation is 1. The van der Waals surface area contributed by atoms with Crippen LogP contribution in [-0.2, 0) is 24.4 Å². The third kappa shape index (κ3) is 9.57. The van der Waals surface area contributed by atoms with Crippen LogP contribution in [0.1, 0.15) is 79.8 Å². The molecule has 3 N–H and O–H groups in total. The van der Waals surface area contributed by atoms with Crippen molar-refractivity contribution in [2.24, 2.45) is 5.92 Å². The third-order valence-corrected chi connectivity index (χ3v) is 14.1. The number of anilines is 4. The smallest absolute Gasteiger partial charge is 0.234 e. The molecular formula is C44H48FN9O5S2. The molecule has 3 aliphatic rings. The summed E-state index contributed by atoms with van der Waals surface area (Å²) in [4.78, 5) is 60.7. The van der Waals surface area contributed by atoms with Crippen LogP contribution < -0.4 is 20.3 Å². The van der Waals surface area contributed by atoms with Crippen LogP contribution in [-0.4, -0.2) is 82.9 Å². The molecule has 0 spiro atoms. The summed E-state index contributed by atoms with van der Waals surface area (Å²) in [6.07, 6.45) is 7.88. The van der Waals surface area contributed by atoms with Crippen LogP contribution in [0.3, 0.4) is 0 Å². The van der Waals surface area contributed by atoms with Crippen molar-refractivity contribution in [3.05, 3.63) is 95.0 Å². The summed E-state index contributed by atoms with van der Waals surface area (Å²) in [7, 11) is -3.70. The van der Waals surface area contributed by atoms with Crippen LogP contribution in [0.4, 0.5) is 27.5 Å². The van der Waals surface area contributed by atoms with Gasteiger partial charge in [0.15, 0.2) is 5.82 Å². The lowest BCUT2D eigenvalue weighted by molar-refractivity contribution is -0.137. The Morgan fingerprint density at radius 2 is 1.67 bits per heavy atom. The number of hydrogen-bond acceptors (Lipinski definition) is 12. The molecule has 0 saturated carbocycles. The average molecular weight is 866 g/mol. The number of imide groups is 1. The van der Waals surface area contributed by atoms with Gasteiger partial charge < -0.3 is 15.1 Å². The molecule has 0 unspecified atom stereocenters. The Balaban J connectivity index is 0.838. The molecule has 3 aliphatic heterocycles. The first-order valence-corrected chi connectivity index (χ1v) is 23.2. The van der Waals surface area contributed by atoms with Gasteiger partial charge in [0.2, 0.25) is 33.7 Å². The van der Waals surface area contributed by atoms with Crippen molar-refractivity contribution in [3.63, 3.8) is 0 Å². The SMILES string of the molecule is CCCS(=O)(=O)Nc1cccc(-c2nc(C)sc2-c2ccnc(Nc3ccc(C4CCN(C(=O)C5CCN(c6ccc([C@H]7CCC(=O)NC7=O)cn6)CC5)CC4)cc3)n2)c1F. The molecule has 3 fully saturated rings. The van der Waals surface area contributed by atoms with Gasteiger partial charge in [-0.05, 0) is 98.9 Å². The first-order valence-electron chi connectivity index (χ1n) is 20.7. The number of amides is 3. The Morgan fingerprint density at radius 3 is 2.38 bits per heavy atom. The van der Waals surface area contributed by atoms with Gasteiger partial charge in [-0.3, -0.25) is 24.4 Å². The molecule has 0 bridgehead atoms. The first kappa shape index (κ1) is 41.9. The van der Waals surface area contributed by atoms with E-state index < -0.39 is 15.8 Å². The molecule has 17 heteroatoms. The maximum atomic E-state index is 15.8. The number of halogens is 1. The molecule has 5 aromatic rings. The van der Waals surface area contributed by atoms with Crippen molar-refractivity contribution in [2.45, 2.75) is 70.6 Å². The minimum Gasteiger partial charge on any atom is -0.357 e. The molecule has 318 valence electrons. The zero-order valence-corrected chi connectivity index (χ0v) is 35.7. The van der Waals surface area contributed by atoms with Crippen LogP contribution >= 0.6 is 11.3 Å². The van der Waals surface area contributed by atoms with E-state index in [1.807, 2.05) is 36.1 Å². The second-order valence-corrected chi connectivity index (χ2v) is 18.9. The first-order chi connectivity index (χ1) is 29.4. The summed E-state index contributed by atoms with van der Waals surface area (Å²) in [5, 5.41) is 6.40. The van der Waals surface area contributed by atoms with E-state index in [0.717, 1.165) is 68.9 Å². The second-order valence-electron chi connectivity index (χ2n) is 15.8. The standard InChI is InChI=1S/C44H48FN9O5S2/c1-3-25-61(58,59)52-35-6-4-5-34(39(35)45)40-41(60-27(2)48-40)36-15-20-46-44(50-36)49-32-10-7-28(8-11-32)29-16-23-54(24-17-29)43(57)30-18-21-53(22-19-30)37-13-9-31(26-47-37)33-12-14-38(55)51-42(33)56/h4-11,13,15,20,26,29-30,33,52H,3,12,14,16-19,21-25H2,1-2H3,(H,46,49,50)(H,51,55,56)/t33-/m1/s1. The number of hydrogen-bond donors (Lipinski definition) is 3. The Morgan fingerprint density at radius 1 is 0.918 bits per heavy atom. The Bertz CT molecular complexity index is 2520. The fourth-order valence-electron chi connectivity index (χ4n) is 8.43. The summed E-state index contributed by atoms with van der Waals surface area (Å²) in [6.45, 7) is 6.48. The van der Waals surface area contributed by atoms with Gasteiger partial charge in [-0.1, -0.05) is 31.2 Å². The van der Waals surface area contributed by atoms with E-state index in [1.54, 1.807) is 37.5 Å². The van der Waals surface area contributed by atoms with Crippen LogP contribution in [0.25, 0.3) is 21.8 Å². The molecule has 0 radical (unpaired) electrons. The van der Waals surface area contributed by atoms with Crippen LogP contribution in [0, 0.1) is 18.7 Å². The van der Waals surface area contributed by atoms with Crippen molar-refractivity contribution in [1.82, 2.24) is 30.2 Å². The van der Waals surface area contributed by atoms with Crippen molar-refractivity contribution < 1.29 is 27.2 Å². The topological polar surface area (TPSA) is 179 Å². The summed E-state index contributed by atoms with van der Waals surface area (Å²) >= 11 is 1.36. The van der Waals surface area contributed by atoms with Gasteiger partial charge >= 0.3 is 0 Å². The quantitative estimate of drug-likeness (QED) is 0.109. The number of sulfonamides is 1. The summed E-state index contributed by atoms with van der Waals surface area (Å²) in [5.74, 6) is 0.0666. The summed E-state index contributed by atoms with van der Waals surface area (Å²) in [6, 6.07) is 18.4. The van der Waals surface area contributed by atoms with E-state index in [1.165, 1.54) is 23.0 Å². The number of likely N-dealkylation sites (tertiary alicyclic amines) is 1. The van der Waals surface area contributed by atoms with Gasteiger partial charge in [-0.25, -0.2) is 32.7 Å². The number of thiazole rings is 1. The minimum atomic E-state index is -3.70. The Kier molecular flexibility index (Phi) is 12.4. The average Bonchev–Trinajstić information content (AvgIpc) is 3.66. The van der Waals surface area contributed by atoms with Gasteiger partial charge in [0.25, 0.3) is 0 Å². The minimum absolute atomic E-state index is 0.0144. The van der Waals surface area contributed by atoms with E-state index in [0.29, 0.717) is 52.4 Å². The number of pyridine rings is 1. The predicted molar refractivity (Wildman–Crippen MR) is 234 cm³/mol. The van der Waals surface area contributed by atoms with Gasteiger partial charge in [-0.15, -0.1) is 11.3 Å². The number of carbonyl (C=O) groups is 3. The molecule has 61 heavy (non-hydrogen) atoms. The van der Waals surface area contributed by atoms with Gasteiger partial charge in [-0.2, -0.15) is 0 Å². The summed E-state index contributed by atoms with van der Waals surface area (Å²) in [5.41, 5.74) is 3.78. The molecular weight excluding hydrogens is 818 g/mol. The van der Waals surface area contributed by atoms with Crippen molar-refractivity contribution in [1.29, 1.82) is 0 Å². The maximum absolute atomic E-state index is 15.8. The van der Waals surface area contributed by atoms with E-state index in [4.69, 9.17) is 4.98 Å². The van der Waals surface area contributed by atoms with Crippen LogP contribution in [0.2, 0.25) is 0 Å². The van der Waals surface area contributed by atoms with Crippen molar-refractivity contribution in [3.8, 4) is 21.8 Å². The Hall–Kier alpha value is -5.81. The maximum Gasteiger partial charge on any atom is 0.234 e. The molecule has 1 atom stereocenters. The summed E-state index contributed by atoms with van der Waals surface area (Å²) < 4.78 is 43.0. The van der Waals surface area contributed by atoms with E-state index in [2.05, 4.69) is 47.3 Å². The zero-order chi connectivity index (χ0) is 42.7.